The van der Waals surface area contributed by atoms with Crippen LogP contribution >= 0.6 is 15.9 Å². The molecule has 1 aromatic carbocycles. The highest BCUT2D eigenvalue weighted by Crippen LogP contribution is 2.30. The van der Waals surface area contributed by atoms with Crippen LogP contribution in [0, 0.1) is 21.4 Å². The maximum Gasteiger partial charge on any atom is 0.308 e. The van der Waals surface area contributed by atoms with Crippen molar-refractivity contribution in [3.05, 3.63) is 37.8 Å². The topological polar surface area (TPSA) is 104 Å². The lowest BCUT2D eigenvalue weighted by atomic mass is 10.1. The number of aliphatic carboxylic acids is 1. The first kappa shape index (κ1) is 12.1. The second kappa shape index (κ2) is 4.72. The predicted molar refractivity (Wildman–Crippen MR) is 56.9 cm³/mol. The average molecular weight is 285 g/mol. The molecule has 82 valence electrons. The highest BCUT2D eigenvalue weighted by molar-refractivity contribution is 9.10. The minimum atomic E-state index is -1.19. The summed E-state index contributed by atoms with van der Waals surface area (Å²) >= 11 is 2.94. The Morgan fingerprint density at radius 1 is 1.62 bits per heavy atom. The Morgan fingerprint density at radius 3 is 2.69 bits per heavy atom. The Morgan fingerprint density at radius 2 is 2.25 bits per heavy atom. The van der Waals surface area contributed by atoms with Gasteiger partial charge in [-0.1, -0.05) is 0 Å². The Bertz CT molecular complexity index is 507. The zero-order valence-corrected chi connectivity index (χ0v) is 9.39. The van der Waals surface area contributed by atoms with Gasteiger partial charge < -0.3 is 5.11 Å². The molecule has 0 saturated carbocycles. The predicted octanol–water partition coefficient (Wildman–Crippen LogP) is 1.86. The van der Waals surface area contributed by atoms with Gasteiger partial charge in [-0.3, -0.25) is 14.9 Å². The molecular formula is C9H5BrN2O4. The molecule has 6 nitrogen and oxygen atoms in total. The van der Waals surface area contributed by atoms with Gasteiger partial charge in [0.25, 0.3) is 5.69 Å². The number of carbonyl (C=O) groups is 1. The molecule has 0 saturated heterocycles. The molecule has 1 N–H and O–H groups in total. The summed E-state index contributed by atoms with van der Waals surface area (Å²) in [5, 5.41) is 28.0. The zero-order valence-electron chi connectivity index (χ0n) is 7.81. The average Bonchev–Trinajstić information content (AvgIpc) is 2.14. The van der Waals surface area contributed by atoms with Crippen molar-refractivity contribution in [3.8, 4) is 6.07 Å². The molecular weight excluding hydrogens is 280 g/mol. The van der Waals surface area contributed by atoms with Gasteiger partial charge in [-0.25, -0.2) is 0 Å². The van der Waals surface area contributed by atoms with E-state index in [-0.39, 0.29) is 21.3 Å². The van der Waals surface area contributed by atoms with E-state index in [1.54, 1.807) is 6.07 Å². The van der Waals surface area contributed by atoms with E-state index in [0.29, 0.717) is 0 Å². The van der Waals surface area contributed by atoms with Crippen LogP contribution in [-0.4, -0.2) is 16.0 Å². The molecule has 1 rings (SSSR count). The number of nitro groups is 1. The quantitative estimate of drug-likeness (QED) is 0.674. The third-order valence-corrected chi connectivity index (χ3v) is 2.40. The van der Waals surface area contributed by atoms with Crippen molar-refractivity contribution in [2.24, 2.45) is 0 Å². The van der Waals surface area contributed by atoms with E-state index in [2.05, 4.69) is 15.9 Å². The summed E-state index contributed by atoms with van der Waals surface area (Å²) in [6.07, 6.45) is -0.496. The van der Waals surface area contributed by atoms with Gasteiger partial charge >= 0.3 is 5.97 Å². The molecule has 0 aliphatic carbocycles. The molecule has 0 bridgehead atoms. The number of carboxylic acids is 1. The summed E-state index contributed by atoms with van der Waals surface area (Å²) in [4.78, 5) is 20.6. The molecule has 0 radical (unpaired) electrons. The lowest BCUT2D eigenvalue weighted by Gasteiger charge is -2.02. The Kier molecular flexibility index (Phi) is 3.58. The number of carboxylic acid groups (broad SMARTS) is 1. The molecule has 0 atom stereocenters. The molecule has 0 amide bonds. The van der Waals surface area contributed by atoms with Crippen LogP contribution in [0.5, 0.6) is 0 Å². The van der Waals surface area contributed by atoms with E-state index in [1.165, 1.54) is 12.1 Å². The van der Waals surface area contributed by atoms with E-state index in [0.717, 1.165) is 0 Å². The fourth-order valence-corrected chi connectivity index (χ4v) is 1.87. The van der Waals surface area contributed by atoms with Crippen molar-refractivity contribution < 1.29 is 14.8 Å². The number of nitriles is 1. The highest BCUT2D eigenvalue weighted by Gasteiger charge is 2.21. The first-order valence-corrected chi connectivity index (χ1v) is 4.83. The van der Waals surface area contributed by atoms with Crippen LogP contribution in [0.15, 0.2) is 16.6 Å². The Labute approximate surface area is 98.4 Å². The van der Waals surface area contributed by atoms with Gasteiger partial charge in [-0.2, -0.15) is 5.26 Å². The van der Waals surface area contributed by atoms with Crippen molar-refractivity contribution in [1.29, 1.82) is 5.26 Å². The Balaban J connectivity index is 3.41. The van der Waals surface area contributed by atoms with Crippen LogP contribution in [0.3, 0.4) is 0 Å². The normalized spacial score (nSPS) is 9.50. The second-order valence-electron chi connectivity index (χ2n) is 2.91. The fraction of sp³-hybridized carbons (Fsp3) is 0.111. The maximum atomic E-state index is 10.7. The zero-order chi connectivity index (χ0) is 12.3. The molecule has 1 aromatic rings. The van der Waals surface area contributed by atoms with Gasteiger partial charge in [0.15, 0.2) is 0 Å². The van der Waals surface area contributed by atoms with E-state index < -0.39 is 17.3 Å². The number of hydrogen-bond acceptors (Lipinski definition) is 4. The summed E-state index contributed by atoms with van der Waals surface area (Å²) in [5.74, 6) is -1.19. The van der Waals surface area contributed by atoms with Gasteiger partial charge in [0.1, 0.15) is 0 Å². The monoisotopic (exact) mass is 284 g/mol. The fourth-order valence-electron chi connectivity index (χ4n) is 1.22. The SMILES string of the molecule is N#Cc1cc(Br)c([N+](=O)[O-])c(CC(=O)O)c1. The highest BCUT2D eigenvalue weighted by atomic mass is 79.9. The summed E-state index contributed by atoms with van der Waals surface area (Å²) in [7, 11) is 0. The third-order valence-electron chi connectivity index (χ3n) is 1.80. The summed E-state index contributed by atoms with van der Waals surface area (Å²) in [6.45, 7) is 0. The maximum absolute atomic E-state index is 10.7. The number of halogens is 1. The van der Waals surface area contributed by atoms with Gasteiger partial charge in [0, 0.05) is 5.56 Å². The van der Waals surface area contributed by atoms with E-state index in [9.17, 15) is 14.9 Å². The standard InChI is InChI=1S/C9H5BrN2O4/c10-7-2-5(4-11)1-6(3-8(13)14)9(7)12(15)16/h1-2H,3H2,(H,13,14). The lowest BCUT2D eigenvalue weighted by molar-refractivity contribution is -0.386. The molecule has 0 fully saturated rings. The second-order valence-corrected chi connectivity index (χ2v) is 3.76. The van der Waals surface area contributed by atoms with Crippen LogP contribution in [-0.2, 0) is 11.2 Å². The minimum Gasteiger partial charge on any atom is -0.481 e. The van der Waals surface area contributed by atoms with Crippen molar-refractivity contribution in [3.63, 3.8) is 0 Å². The van der Waals surface area contributed by atoms with Crippen LogP contribution in [0.2, 0.25) is 0 Å². The van der Waals surface area contributed by atoms with Crippen molar-refractivity contribution >= 4 is 27.6 Å². The van der Waals surface area contributed by atoms with Crippen molar-refractivity contribution in [2.45, 2.75) is 6.42 Å². The van der Waals surface area contributed by atoms with E-state index in [4.69, 9.17) is 10.4 Å². The van der Waals surface area contributed by atoms with Crippen LogP contribution in [0.1, 0.15) is 11.1 Å². The number of hydrogen-bond donors (Lipinski definition) is 1. The molecule has 16 heavy (non-hydrogen) atoms. The minimum absolute atomic E-state index is 0.00317. The Hall–Kier alpha value is -1.94. The lowest BCUT2D eigenvalue weighted by Crippen LogP contribution is -2.05. The van der Waals surface area contributed by atoms with E-state index in [1.807, 2.05) is 0 Å². The van der Waals surface area contributed by atoms with Crippen molar-refractivity contribution in [2.75, 3.05) is 0 Å². The molecule has 0 aromatic heterocycles. The summed E-state index contributed by atoms with van der Waals surface area (Å²) in [5.41, 5.74) is -0.140. The van der Waals surface area contributed by atoms with Crippen LogP contribution in [0.25, 0.3) is 0 Å². The van der Waals surface area contributed by atoms with Crippen molar-refractivity contribution in [1.82, 2.24) is 0 Å². The molecule has 0 unspecified atom stereocenters. The number of rotatable bonds is 3. The van der Waals surface area contributed by atoms with Gasteiger partial charge in [-0.05, 0) is 28.1 Å². The number of nitro benzene ring substituents is 1. The molecule has 0 heterocycles. The first-order valence-electron chi connectivity index (χ1n) is 4.04. The smallest absolute Gasteiger partial charge is 0.308 e. The van der Waals surface area contributed by atoms with Gasteiger partial charge in [0.05, 0.1) is 27.4 Å². The number of benzene rings is 1. The molecule has 7 heteroatoms. The van der Waals surface area contributed by atoms with Gasteiger partial charge in [-0.15, -0.1) is 0 Å². The van der Waals surface area contributed by atoms with Gasteiger partial charge in [0.2, 0.25) is 0 Å². The third kappa shape index (κ3) is 2.55. The largest absolute Gasteiger partial charge is 0.481 e. The summed E-state index contributed by atoms with van der Waals surface area (Å²) < 4.78 is 0.104. The van der Waals surface area contributed by atoms with Crippen LogP contribution in [0.4, 0.5) is 5.69 Å². The molecule has 0 aliphatic rings. The first-order chi connectivity index (χ1) is 7.45. The summed E-state index contributed by atoms with van der Waals surface area (Å²) in [6, 6.07) is 4.29. The van der Waals surface area contributed by atoms with Crippen LogP contribution < -0.4 is 0 Å². The van der Waals surface area contributed by atoms with E-state index >= 15 is 0 Å². The number of nitrogens with zero attached hydrogens (tertiary/aromatic N) is 2. The molecule has 0 aliphatic heterocycles. The molecule has 0 spiro atoms.